The van der Waals surface area contributed by atoms with E-state index in [0.717, 1.165) is 42.6 Å². The Morgan fingerprint density at radius 1 is 1.21 bits per heavy atom. The number of rotatable bonds is 4. The van der Waals surface area contributed by atoms with Crippen molar-refractivity contribution in [3.05, 3.63) is 59.3 Å². The first-order valence-corrected chi connectivity index (χ1v) is 8.69. The number of hydrogen-bond acceptors (Lipinski definition) is 3. The number of pyridine rings is 1. The van der Waals surface area contributed by atoms with E-state index in [1.807, 2.05) is 36.1 Å². The smallest absolute Gasteiger partial charge is 0.233 e. The molecule has 0 radical (unpaired) electrons. The van der Waals surface area contributed by atoms with E-state index >= 15 is 0 Å². The van der Waals surface area contributed by atoms with Crippen LogP contribution in [0, 0.1) is 0 Å². The standard InChI is InChI=1S/C20H22N2O2/c1-2-24-18-9-8-15-14-22(13-10-17(15)21-18)19(23)20(11-12-20)16-6-4-3-5-7-16/h3-9H,2,10-14H2,1H3. The number of aromatic nitrogens is 1. The molecule has 4 rings (SSSR count). The first-order chi connectivity index (χ1) is 11.7. The van der Waals surface area contributed by atoms with Gasteiger partial charge in [-0.15, -0.1) is 0 Å². The summed E-state index contributed by atoms with van der Waals surface area (Å²) >= 11 is 0. The second-order valence-electron chi connectivity index (χ2n) is 6.61. The normalized spacial score (nSPS) is 18.0. The minimum atomic E-state index is -0.280. The molecule has 1 fully saturated rings. The summed E-state index contributed by atoms with van der Waals surface area (Å²) in [6.45, 7) is 3.97. The van der Waals surface area contributed by atoms with Crippen LogP contribution in [-0.4, -0.2) is 28.9 Å². The average Bonchev–Trinajstić information content (AvgIpc) is 3.44. The highest BCUT2D eigenvalue weighted by Crippen LogP contribution is 2.50. The maximum atomic E-state index is 13.1. The van der Waals surface area contributed by atoms with Crippen LogP contribution in [0.25, 0.3) is 0 Å². The molecule has 0 bridgehead atoms. The Kier molecular flexibility index (Phi) is 3.75. The predicted molar refractivity (Wildman–Crippen MR) is 91.9 cm³/mol. The van der Waals surface area contributed by atoms with Crippen molar-refractivity contribution in [3.63, 3.8) is 0 Å². The summed E-state index contributed by atoms with van der Waals surface area (Å²) in [6, 6.07) is 14.2. The molecular formula is C20H22N2O2. The average molecular weight is 322 g/mol. The van der Waals surface area contributed by atoms with Crippen LogP contribution in [0.3, 0.4) is 0 Å². The summed E-state index contributed by atoms with van der Waals surface area (Å²) in [7, 11) is 0. The lowest BCUT2D eigenvalue weighted by molar-refractivity contribution is -0.134. The summed E-state index contributed by atoms with van der Waals surface area (Å²) < 4.78 is 5.48. The van der Waals surface area contributed by atoms with Crippen LogP contribution in [0.5, 0.6) is 5.88 Å². The molecule has 0 saturated heterocycles. The van der Waals surface area contributed by atoms with E-state index in [9.17, 15) is 4.79 Å². The van der Waals surface area contributed by atoms with Gasteiger partial charge in [0, 0.05) is 25.6 Å². The highest BCUT2D eigenvalue weighted by Gasteiger charge is 2.53. The van der Waals surface area contributed by atoms with E-state index in [-0.39, 0.29) is 11.3 Å². The number of carbonyl (C=O) groups is 1. The van der Waals surface area contributed by atoms with Gasteiger partial charge in [0.25, 0.3) is 0 Å². The van der Waals surface area contributed by atoms with E-state index in [2.05, 4.69) is 23.2 Å². The van der Waals surface area contributed by atoms with Crippen molar-refractivity contribution in [1.82, 2.24) is 9.88 Å². The van der Waals surface area contributed by atoms with Crippen molar-refractivity contribution >= 4 is 5.91 Å². The molecule has 2 heterocycles. The predicted octanol–water partition coefficient (Wildman–Crippen LogP) is 3.10. The molecule has 1 amide bonds. The van der Waals surface area contributed by atoms with Gasteiger partial charge in [0.2, 0.25) is 11.8 Å². The zero-order chi connectivity index (χ0) is 16.6. The van der Waals surface area contributed by atoms with Crippen LogP contribution in [0.4, 0.5) is 0 Å². The molecule has 0 unspecified atom stereocenters. The lowest BCUT2D eigenvalue weighted by Crippen LogP contribution is -2.42. The first-order valence-electron chi connectivity index (χ1n) is 8.69. The first kappa shape index (κ1) is 15.2. The van der Waals surface area contributed by atoms with E-state index < -0.39 is 0 Å². The van der Waals surface area contributed by atoms with Crippen LogP contribution in [-0.2, 0) is 23.2 Å². The molecule has 1 aliphatic carbocycles. The molecule has 1 saturated carbocycles. The van der Waals surface area contributed by atoms with Crippen LogP contribution >= 0.6 is 0 Å². The third kappa shape index (κ3) is 2.56. The van der Waals surface area contributed by atoms with Gasteiger partial charge in [-0.2, -0.15) is 0 Å². The van der Waals surface area contributed by atoms with Crippen molar-refractivity contribution in [2.24, 2.45) is 0 Å². The van der Waals surface area contributed by atoms with Gasteiger partial charge >= 0.3 is 0 Å². The number of amides is 1. The lowest BCUT2D eigenvalue weighted by Gasteiger charge is -2.32. The number of fused-ring (bicyclic) bond motifs is 1. The SMILES string of the molecule is CCOc1ccc2c(n1)CCN(C(=O)C1(c3ccccc3)CC1)C2. The Bertz CT molecular complexity index is 753. The summed E-state index contributed by atoms with van der Waals surface area (Å²) in [5.41, 5.74) is 3.08. The fourth-order valence-electron chi connectivity index (χ4n) is 3.61. The Balaban J connectivity index is 1.54. The van der Waals surface area contributed by atoms with Crippen molar-refractivity contribution in [3.8, 4) is 5.88 Å². The van der Waals surface area contributed by atoms with Crippen molar-refractivity contribution in [2.45, 2.75) is 38.1 Å². The maximum Gasteiger partial charge on any atom is 0.233 e. The number of benzene rings is 1. The molecule has 4 heteroatoms. The molecule has 0 atom stereocenters. The summed E-state index contributed by atoms with van der Waals surface area (Å²) in [5.74, 6) is 0.951. The van der Waals surface area contributed by atoms with Gasteiger partial charge in [-0.05, 0) is 30.9 Å². The second-order valence-corrected chi connectivity index (χ2v) is 6.61. The molecule has 1 aromatic heterocycles. The highest BCUT2D eigenvalue weighted by molar-refractivity contribution is 5.91. The number of ether oxygens (including phenoxy) is 1. The molecule has 24 heavy (non-hydrogen) atoms. The van der Waals surface area contributed by atoms with Gasteiger partial charge in [0.1, 0.15) is 0 Å². The van der Waals surface area contributed by atoms with Gasteiger partial charge in [0.05, 0.1) is 17.7 Å². The molecule has 2 aliphatic rings. The van der Waals surface area contributed by atoms with Gasteiger partial charge < -0.3 is 9.64 Å². The Hall–Kier alpha value is -2.36. The van der Waals surface area contributed by atoms with Crippen LogP contribution in [0.1, 0.15) is 36.6 Å². The molecule has 2 aromatic rings. The molecular weight excluding hydrogens is 300 g/mol. The van der Waals surface area contributed by atoms with Gasteiger partial charge in [-0.1, -0.05) is 36.4 Å². The van der Waals surface area contributed by atoms with Crippen molar-refractivity contribution in [1.29, 1.82) is 0 Å². The fraction of sp³-hybridized carbons (Fsp3) is 0.400. The quantitative estimate of drug-likeness (QED) is 0.869. The summed E-state index contributed by atoms with van der Waals surface area (Å²) in [4.78, 5) is 19.7. The van der Waals surface area contributed by atoms with Gasteiger partial charge in [-0.3, -0.25) is 4.79 Å². The minimum Gasteiger partial charge on any atom is -0.478 e. The third-order valence-electron chi connectivity index (χ3n) is 5.09. The van der Waals surface area contributed by atoms with Gasteiger partial charge in [0.15, 0.2) is 0 Å². The minimum absolute atomic E-state index is 0.272. The zero-order valence-corrected chi connectivity index (χ0v) is 14.0. The number of hydrogen-bond donors (Lipinski definition) is 0. The van der Waals surface area contributed by atoms with Crippen molar-refractivity contribution in [2.75, 3.05) is 13.2 Å². The topological polar surface area (TPSA) is 42.4 Å². The van der Waals surface area contributed by atoms with Crippen LogP contribution in [0.15, 0.2) is 42.5 Å². The molecule has 4 nitrogen and oxygen atoms in total. The molecule has 124 valence electrons. The van der Waals surface area contributed by atoms with E-state index in [1.165, 1.54) is 0 Å². The Morgan fingerprint density at radius 3 is 2.71 bits per heavy atom. The molecule has 1 aromatic carbocycles. The van der Waals surface area contributed by atoms with Gasteiger partial charge in [-0.25, -0.2) is 4.98 Å². The number of nitrogens with zero attached hydrogens (tertiary/aromatic N) is 2. The number of carbonyl (C=O) groups excluding carboxylic acids is 1. The second kappa shape index (κ2) is 5.93. The zero-order valence-electron chi connectivity index (χ0n) is 14.0. The molecule has 1 aliphatic heterocycles. The maximum absolute atomic E-state index is 13.1. The fourth-order valence-corrected chi connectivity index (χ4v) is 3.61. The van der Waals surface area contributed by atoms with Crippen molar-refractivity contribution < 1.29 is 9.53 Å². The summed E-state index contributed by atoms with van der Waals surface area (Å²) in [6.07, 6.45) is 2.72. The summed E-state index contributed by atoms with van der Waals surface area (Å²) in [5, 5.41) is 0. The Morgan fingerprint density at radius 2 is 2.00 bits per heavy atom. The monoisotopic (exact) mass is 322 g/mol. The van der Waals surface area contributed by atoms with E-state index in [1.54, 1.807) is 0 Å². The Labute approximate surface area is 142 Å². The lowest BCUT2D eigenvalue weighted by atomic mass is 9.93. The van der Waals surface area contributed by atoms with Crippen LogP contribution < -0.4 is 4.74 Å². The van der Waals surface area contributed by atoms with Crippen LogP contribution in [0.2, 0.25) is 0 Å². The van der Waals surface area contributed by atoms with E-state index in [4.69, 9.17) is 4.74 Å². The largest absolute Gasteiger partial charge is 0.478 e. The molecule has 0 spiro atoms. The third-order valence-corrected chi connectivity index (χ3v) is 5.09. The highest BCUT2D eigenvalue weighted by atomic mass is 16.5. The van der Waals surface area contributed by atoms with E-state index in [0.29, 0.717) is 19.0 Å². The molecule has 0 N–H and O–H groups in total.